The molecule has 9 unspecified atom stereocenters. The highest BCUT2D eigenvalue weighted by Gasteiger charge is 2.69. The summed E-state index contributed by atoms with van der Waals surface area (Å²) in [5.41, 5.74) is 2.40. The molecule has 42 heavy (non-hydrogen) atoms. The Balaban J connectivity index is 1.31. The molecule has 0 radical (unpaired) electrons. The highest BCUT2D eigenvalue weighted by Crippen LogP contribution is 2.75. The summed E-state index contributed by atoms with van der Waals surface area (Å²) in [5.74, 6) is 2.11. The number of carbonyl (C=O) groups excluding carboxylic acids is 1. The Morgan fingerprint density at radius 3 is 2.31 bits per heavy atom. The maximum absolute atomic E-state index is 12.9. The van der Waals surface area contributed by atoms with Crippen LogP contribution in [0.5, 0.6) is 0 Å². The molecule has 3 heteroatoms. The number of aliphatic hydroxyl groups is 1. The van der Waals surface area contributed by atoms with Gasteiger partial charge in [0.25, 0.3) is 0 Å². The SMILES string of the molecule is CC(C)=CCCC(C)(O)C1CCC2(C)C3CCC4C(C)(C)C(OC(=O)C=Cc5ccccc5)CCC4(C)C3CCC12C. The van der Waals surface area contributed by atoms with Crippen molar-refractivity contribution in [3.63, 3.8) is 0 Å². The van der Waals surface area contributed by atoms with E-state index in [0.717, 1.165) is 37.7 Å². The normalized spacial score (nSPS) is 40.4. The lowest BCUT2D eigenvalue weighted by Gasteiger charge is -2.67. The second kappa shape index (κ2) is 11.2. The van der Waals surface area contributed by atoms with Gasteiger partial charge in [-0.1, -0.05) is 76.6 Å². The fourth-order valence-electron chi connectivity index (χ4n) is 11.4. The summed E-state index contributed by atoms with van der Waals surface area (Å²) in [6.07, 6.45) is 17.0. The molecule has 3 nitrogen and oxygen atoms in total. The van der Waals surface area contributed by atoms with E-state index in [0.29, 0.717) is 23.7 Å². The van der Waals surface area contributed by atoms with Crippen LogP contribution < -0.4 is 0 Å². The Kier molecular flexibility index (Phi) is 8.45. The summed E-state index contributed by atoms with van der Waals surface area (Å²) in [5, 5.41) is 11.9. The highest BCUT2D eigenvalue weighted by molar-refractivity contribution is 5.87. The van der Waals surface area contributed by atoms with Crippen LogP contribution in [-0.2, 0) is 9.53 Å². The van der Waals surface area contributed by atoms with E-state index in [-0.39, 0.29) is 33.7 Å². The van der Waals surface area contributed by atoms with Crippen molar-refractivity contribution >= 4 is 12.0 Å². The third-order valence-electron chi connectivity index (χ3n) is 13.8. The summed E-state index contributed by atoms with van der Waals surface area (Å²) in [7, 11) is 0. The second-order valence-electron chi connectivity index (χ2n) is 16.5. The molecule has 0 heterocycles. The zero-order valence-electron chi connectivity index (χ0n) is 27.8. The molecule has 0 aliphatic heterocycles. The summed E-state index contributed by atoms with van der Waals surface area (Å²) < 4.78 is 6.20. The van der Waals surface area contributed by atoms with E-state index >= 15 is 0 Å². The number of benzene rings is 1. The molecule has 1 aromatic carbocycles. The number of carbonyl (C=O) groups is 1. The number of esters is 1. The third kappa shape index (κ3) is 5.24. The van der Waals surface area contributed by atoms with E-state index in [1.807, 2.05) is 36.4 Å². The molecular formula is C39H58O3. The number of hydrogen-bond donors (Lipinski definition) is 1. The molecule has 1 N–H and O–H groups in total. The van der Waals surface area contributed by atoms with Crippen LogP contribution in [0.3, 0.4) is 0 Å². The maximum atomic E-state index is 12.9. The minimum atomic E-state index is -0.620. The van der Waals surface area contributed by atoms with Gasteiger partial charge in [-0.2, -0.15) is 0 Å². The predicted octanol–water partition coefficient (Wildman–Crippen LogP) is 9.79. The molecule has 4 aliphatic rings. The van der Waals surface area contributed by atoms with E-state index in [1.165, 1.54) is 37.7 Å². The molecule has 0 aromatic heterocycles. The molecule has 4 fully saturated rings. The van der Waals surface area contributed by atoms with Gasteiger partial charge in [0.15, 0.2) is 0 Å². The van der Waals surface area contributed by atoms with Crippen molar-refractivity contribution in [2.24, 2.45) is 45.3 Å². The van der Waals surface area contributed by atoms with Crippen molar-refractivity contribution in [3.05, 3.63) is 53.6 Å². The lowest BCUT2D eigenvalue weighted by molar-refractivity contribution is -0.213. The zero-order valence-corrected chi connectivity index (χ0v) is 27.8. The van der Waals surface area contributed by atoms with Crippen LogP contribution in [-0.4, -0.2) is 22.8 Å². The number of rotatable bonds is 7. The Bertz CT molecular complexity index is 1190. The quantitative estimate of drug-likeness (QED) is 0.200. The van der Waals surface area contributed by atoms with Crippen LogP contribution in [0.15, 0.2) is 48.1 Å². The molecule has 0 bridgehead atoms. The zero-order chi connectivity index (χ0) is 30.6. The second-order valence-corrected chi connectivity index (χ2v) is 16.5. The minimum Gasteiger partial charge on any atom is -0.459 e. The predicted molar refractivity (Wildman–Crippen MR) is 174 cm³/mol. The monoisotopic (exact) mass is 574 g/mol. The number of allylic oxidation sites excluding steroid dienone is 2. The van der Waals surface area contributed by atoms with Gasteiger partial charge in [0.2, 0.25) is 0 Å². The smallest absolute Gasteiger partial charge is 0.331 e. The van der Waals surface area contributed by atoms with Crippen LogP contribution in [0.1, 0.15) is 125 Å². The van der Waals surface area contributed by atoms with E-state index in [9.17, 15) is 9.90 Å². The van der Waals surface area contributed by atoms with E-state index < -0.39 is 5.60 Å². The molecule has 1 aromatic rings. The molecule has 0 saturated heterocycles. The standard InChI is InChI=1S/C39H58O3/c1-27(2)13-12-23-39(8,41)32-21-26-37(6)30-17-18-31-35(3,4)33(42-34(40)19-16-28-14-10-9-11-15-28)22-24-36(31,5)29(30)20-25-38(32,37)7/h9-11,13-16,19,29-33,41H,12,17-18,20-26H2,1-8H3. The molecule has 0 spiro atoms. The van der Waals surface area contributed by atoms with Gasteiger partial charge in [-0.15, -0.1) is 0 Å². The first-order valence-electron chi connectivity index (χ1n) is 16.9. The number of hydrogen-bond acceptors (Lipinski definition) is 3. The number of fused-ring (bicyclic) bond motifs is 5. The van der Waals surface area contributed by atoms with Gasteiger partial charge in [0.05, 0.1) is 5.60 Å². The summed E-state index contributed by atoms with van der Waals surface area (Å²) in [6.45, 7) is 18.9. The van der Waals surface area contributed by atoms with Gasteiger partial charge < -0.3 is 9.84 Å². The summed E-state index contributed by atoms with van der Waals surface area (Å²) in [6, 6.07) is 9.97. The van der Waals surface area contributed by atoms with Crippen molar-refractivity contribution in [1.29, 1.82) is 0 Å². The Labute approximate surface area is 256 Å². The molecule has 4 aliphatic carbocycles. The van der Waals surface area contributed by atoms with Crippen LogP contribution in [0.2, 0.25) is 0 Å². The van der Waals surface area contributed by atoms with Gasteiger partial charge in [-0.05, 0) is 137 Å². The van der Waals surface area contributed by atoms with E-state index in [1.54, 1.807) is 6.08 Å². The van der Waals surface area contributed by atoms with Crippen molar-refractivity contribution in [3.8, 4) is 0 Å². The summed E-state index contributed by atoms with van der Waals surface area (Å²) >= 11 is 0. The average molecular weight is 575 g/mol. The van der Waals surface area contributed by atoms with E-state index in [4.69, 9.17) is 4.74 Å². The third-order valence-corrected chi connectivity index (χ3v) is 13.8. The van der Waals surface area contributed by atoms with Crippen LogP contribution in [0.4, 0.5) is 0 Å². The molecule has 5 rings (SSSR count). The highest BCUT2D eigenvalue weighted by atomic mass is 16.5. The topological polar surface area (TPSA) is 46.5 Å². The fourth-order valence-corrected chi connectivity index (χ4v) is 11.4. The first-order valence-corrected chi connectivity index (χ1v) is 16.9. The van der Waals surface area contributed by atoms with Gasteiger partial charge >= 0.3 is 5.97 Å². The lowest BCUT2D eigenvalue weighted by Crippen LogP contribution is -2.62. The lowest BCUT2D eigenvalue weighted by atomic mass is 9.38. The van der Waals surface area contributed by atoms with Crippen LogP contribution >= 0.6 is 0 Å². The van der Waals surface area contributed by atoms with Crippen molar-refractivity contribution in [2.45, 2.75) is 131 Å². The first kappa shape index (κ1) is 31.6. The van der Waals surface area contributed by atoms with Gasteiger partial charge in [-0.3, -0.25) is 0 Å². The Morgan fingerprint density at radius 1 is 0.929 bits per heavy atom. The fraction of sp³-hybridized carbons (Fsp3) is 0.718. The van der Waals surface area contributed by atoms with E-state index in [2.05, 4.69) is 61.5 Å². The van der Waals surface area contributed by atoms with Crippen molar-refractivity contribution in [1.82, 2.24) is 0 Å². The van der Waals surface area contributed by atoms with Crippen molar-refractivity contribution < 1.29 is 14.6 Å². The molecule has 4 saturated carbocycles. The summed E-state index contributed by atoms with van der Waals surface area (Å²) in [4.78, 5) is 12.9. The van der Waals surface area contributed by atoms with Crippen molar-refractivity contribution in [2.75, 3.05) is 0 Å². The largest absolute Gasteiger partial charge is 0.459 e. The maximum Gasteiger partial charge on any atom is 0.331 e. The Hall–Kier alpha value is -1.87. The molecule has 9 atom stereocenters. The first-order chi connectivity index (χ1) is 19.6. The van der Waals surface area contributed by atoms with Crippen LogP contribution in [0, 0.1) is 45.3 Å². The number of ether oxygens (including phenoxy) is 1. The van der Waals surface area contributed by atoms with Gasteiger partial charge in [-0.25, -0.2) is 4.79 Å². The molecule has 0 amide bonds. The Morgan fingerprint density at radius 2 is 1.62 bits per heavy atom. The average Bonchev–Trinajstić information content (AvgIpc) is 3.21. The molecule has 232 valence electrons. The molecular weight excluding hydrogens is 516 g/mol. The minimum absolute atomic E-state index is 0.0451. The van der Waals surface area contributed by atoms with Crippen LogP contribution in [0.25, 0.3) is 6.08 Å². The van der Waals surface area contributed by atoms with Gasteiger partial charge in [0.1, 0.15) is 6.10 Å². The van der Waals surface area contributed by atoms with Gasteiger partial charge in [0, 0.05) is 11.5 Å².